The third-order valence-corrected chi connectivity index (χ3v) is 11.9. The standard InChI is InChI=1S/C48H28N4S/c1-49-35-24-26-37-36-25-23-31(28-39(36)48(40(37)29-35,33-15-4-2-5-16-33)34-17-6-3-7-18-34)30-13-12-14-32(27-30)44-46-45(38-19-8-9-20-41(38)50-44)51-47-52(46)42-21-10-11-22-43(42)53-47/h2-29H. The molecule has 1 aliphatic carbocycles. The number of imidazole rings is 1. The molecule has 0 bridgehead atoms. The number of nitrogens with zero attached hydrogens (tertiary/aromatic N) is 4. The molecule has 0 fully saturated rings. The fourth-order valence-corrected chi connectivity index (χ4v) is 9.67. The van der Waals surface area contributed by atoms with E-state index in [9.17, 15) is 0 Å². The van der Waals surface area contributed by atoms with Crippen LogP contribution in [0.25, 0.3) is 75.5 Å². The average molecular weight is 693 g/mol. The van der Waals surface area contributed by atoms with E-state index in [1.54, 1.807) is 11.3 Å². The number of aromatic nitrogens is 3. The minimum atomic E-state index is -0.600. The normalized spacial score (nSPS) is 13.0. The summed E-state index contributed by atoms with van der Waals surface area (Å²) in [5, 5.41) is 1.06. The Morgan fingerprint density at radius 2 is 1.23 bits per heavy atom. The fraction of sp³-hybridized carbons (Fsp3) is 0.0208. The van der Waals surface area contributed by atoms with Crippen LogP contribution in [0.15, 0.2) is 170 Å². The lowest BCUT2D eigenvalue weighted by Crippen LogP contribution is -2.28. The van der Waals surface area contributed by atoms with Gasteiger partial charge in [0.05, 0.1) is 33.4 Å². The van der Waals surface area contributed by atoms with Gasteiger partial charge in [-0.15, -0.1) is 0 Å². The van der Waals surface area contributed by atoms with Crippen molar-refractivity contribution in [3.8, 4) is 33.5 Å². The molecule has 7 aromatic carbocycles. The van der Waals surface area contributed by atoms with Crippen molar-refractivity contribution >= 4 is 54.1 Å². The Balaban J connectivity index is 1.16. The van der Waals surface area contributed by atoms with Gasteiger partial charge in [-0.1, -0.05) is 151 Å². The first-order chi connectivity index (χ1) is 26.2. The lowest BCUT2D eigenvalue weighted by Gasteiger charge is -2.34. The molecular formula is C48H28N4S. The maximum absolute atomic E-state index is 7.92. The van der Waals surface area contributed by atoms with Gasteiger partial charge in [-0.05, 0) is 74.8 Å². The van der Waals surface area contributed by atoms with E-state index >= 15 is 0 Å². The van der Waals surface area contributed by atoms with E-state index in [0.29, 0.717) is 5.69 Å². The minimum absolute atomic E-state index is 0.600. The summed E-state index contributed by atoms with van der Waals surface area (Å²) in [6.45, 7) is 7.92. The Morgan fingerprint density at radius 1 is 0.566 bits per heavy atom. The van der Waals surface area contributed by atoms with E-state index < -0.39 is 5.41 Å². The number of rotatable bonds is 4. The van der Waals surface area contributed by atoms with E-state index in [1.807, 2.05) is 12.1 Å². The van der Waals surface area contributed by atoms with Gasteiger partial charge < -0.3 is 0 Å². The van der Waals surface area contributed by atoms with Crippen LogP contribution >= 0.6 is 11.3 Å². The number of hydrogen-bond donors (Lipinski definition) is 0. The zero-order chi connectivity index (χ0) is 35.1. The topological polar surface area (TPSA) is 34.5 Å². The molecule has 11 rings (SSSR count). The van der Waals surface area contributed by atoms with Gasteiger partial charge in [0.1, 0.15) is 11.0 Å². The molecule has 0 aliphatic heterocycles. The molecular weight excluding hydrogens is 665 g/mol. The molecule has 3 heterocycles. The summed E-state index contributed by atoms with van der Waals surface area (Å²) >= 11 is 1.71. The summed E-state index contributed by atoms with van der Waals surface area (Å²) in [6.07, 6.45) is 0. The summed E-state index contributed by atoms with van der Waals surface area (Å²) in [5.74, 6) is 0. The van der Waals surface area contributed by atoms with Crippen LogP contribution in [0.5, 0.6) is 0 Å². The van der Waals surface area contributed by atoms with Gasteiger partial charge in [-0.2, -0.15) is 0 Å². The number of pyridine rings is 1. The second-order valence-electron chi connectivity index (χ2n) is 13.6. The van der Waals surface area contributed by atoms with Crippen LogP contribution in [0.1, 0.15) is 22.3 Å². The lowest BCUT2D eigenvalue weighted by atomic mass is 9.67. The van der Waals surface area contributed by atoms with Crippen LogP contribution in [0.3, 0.4) is 0 Å². The summed E-state index contributed by atoms with van der Waals surface area (Å²) in [7, 11) is 0. The third kappa shape index (κ3) is 4.21. The summed E-state index contributed by atoms with van der Waals surface area (Å²) in [6, 6.07) is 60.2. The van der Waals surface area contributed by atoms with Gasteiger partial charge in [-0.3, -0.25) is 4.40 Å². The molecule has 1 aliphatic rings. The van der Waals surface area contributed by atoms with Gasteiger partial charge in [0.15, 0.2) is 10.6 Å². The molecule has 4 nitrogen and oxygen atoms in total. The molecule has 0 saturated heterocycles. The monoisotopic (exact) mass is 692 g/mol. The van der Waals surface area contributed by atoms with Crippen molar-refractivity contribution in [2.45, 2.75) is 5.41 Å². The predicted octanol–water partition coefficient (Wildman–Crippen LogP) is 12.5. The van der Waals surface area contributed by atoms with Crippen molar-refractivity contribution in [3.05, 3.63) is 204 Å². The summed E-state index contributed by atoms with van der Waals surface area (Å²) in [5.41, 5.74) is 15.3. The molecule has 53 heavy (non-hydrogen) atoms. The second-order valence-corrected chi connectivity index (χ2v) is 14.6. The smallest absolute Gasteiger partial charge is 0.195 e. The van der Waals surface area contributed by atoms with E-state index in [-0.39, 0.29) is 0 Å². The summed E-state index contributed by atoms with van der Waals surface area (Å²) < 4.78 is 3.49. The minimum Gasteiger partial charge on any atom is -0.281 e. The third-order valence-electron chi connectivity index (χ3n) is 10.9. The maximum atomic E-state index is 7.92. The Morgan fingerprint density at radius 3 is 2.02 bits per heavy atom. The molecule has 0 atom stereocenters. The molecule has 0 saturated carbocycles. The number of thiazole rings is 1. The van der Waals surface area contributed by atoms with Crippen molar-refractivity contribution in [1.29, 1.82) is 0 Å². The molecule has 0 radical (unpaired) electrons. The average Bonchev–Trinajstić information content (AvgIpc) is 3.88. The quantitative estimate of drug-likeness (QED) is 0.172. The molecule has 5 heteroatoms. The highest BCUT2D eigenvalue weighted by Gasteiger charge is 2.46. The van der Waals surface area contributed by atoms with Crippen molar-refractivity contribution in [2.24, 2.45) is 0 Å². The van der Waals surface area contributed by atoms with Gasteiger partial charge in [0.2, 0.25) is 0 Å². The molecule has 246 valence electrons. The number of benzene rings is 7. The van der Waals surface area contributed by atoms with Crippen LogP contribution in [-0.2, 0) is 5.41 Å². The molecule has 0 spiro atoms. The van der Waals surface area contributed by atoms with Crippen molar-refractivity contribution in [1.82, 2.24) is 14.4 Å². The first-order valence-electron chi connectivity index (χ1n) is 17.7. The van der Waals surface area contributed by atoms with Crippen LogP contribution in [0, 0.1) is 6.57 Å². The summed E-state index contributed by atoms with van der Waals surface area (Å²) in [4.78, 5) is 15.4. The molecule has 3 aromatic heterocycles. The first-order valence-corrected chi connectivity index (χ1v) is 18.5. The van der Waals surface area contributed by atoms with E-state index in [4.69, 9.17) is 16.5 Å². The predicted molar refractivity (Wildman–Crippen MR) is 218 cm³/mol. The Kier molecular flexibility index (Phi) is 6.37. The fourth-order valence-electron chi connectivity index (χ4n) is 8.64. The highest BCUT2D eigenvalue weighted by molar-refractivity contribution is 7.23. The van der Waals surface area contributed by atoms with E-state index in [2.05, 4.69) is 167 Å². The zero-order valence-electron chi connectivity index (χ0n) is 28.4. The first kappa shape index (κ1) is 29.8. The highest BCUT2D eigenvalue weighted by atomic mass is 32.1. The van der Waals surface area contributed by atoms with Crippen LogP contribution < -0.4 is 0 Å². The maximum Gasteiger partial charge on any atom is 0.195 e. The number of para-hydroxylation sites is 2. The van der Waals surface area contributed by atoms with Crippen LogP contribution in [-0.4, -0.2) is 14.4 Å². The highest BCUT2D eigenvalue weighted by Crippen LogP contribution is 2.57. The van der Waals surface area contributed by atoms with Gasteiger partial charge in [-0.25, -0.2) is 14.8 Å². The molecule has 0 unspecified atom stereocenters. The number of fused-ring (bicyclic) bond motifs is 10. The van der Waals surface area contributed by atoms with Gasteiger partial charge in [0, 0.05) is 10.9 Å². The van der Waals surface area contributed by atoms with Gasteiger partial charge >= 0.3 is 0 Å². The van der Waals surface area contributed by atoms with E-state index in [1.165, 1.54) is 27.0 Å². The molecule has 0 amide bonds. The number of hydrogen-bond acceptors (Lipinski definition) is 3. The zero-order valence-corrected chi connectivity index (χ0v) is 29.2. The lowest BCUT2D eigenvalue weighted by molar-refractivity contribution is 0.769. The van der Waals surface area contributed by atoms with Crippen molar-refractivity contribution < 1.29 is 0 Å². The Bertz CT molecular complexity index is 3090. The second kappa shape index (κ2) is 11.3. The van der Waals surface area contributed by atoms with Gasteiger partial charge in [0.25, 0.3) is 0 Å². The molecule has 10 aromatic rings. The van der Waals surface area contributed by atoms with Crippen molar-refractivity contribution in [2.75, 3.05) is 0 Å². The SMILES string of the molecule is [C-]#[N+]c1ccc2c(c1)C(c1ccccc1)(c1ccccc1)c1cc(-c3cccc(-c4nc5ccccc5c5nc6sc7ccccc7n6c45)c3)ccc1-2. The Hall–Kier alpha value is -6.87. The van der Waals surface area contributed by atoms with Crippen LogP contribution in [0.4, 0.5) is 5.69 Å². The van der Waals surface area contributed by atoms with E-state index in [0.717, 1.165) is 65.9 Å². The largest absolute Gasteiger partial charge is 0.281 e. The van der Waals surface area contributed by atoms with Crippen molar-refractivity contribution in [3.63, 3.8) is 0 Å². The molecule has 0 N–H and O–H groups in total. The Labute approximate surface area is 309 Å². The van der Waals surface area contributed by atoms with Crippen LogP contribution in [0.2, 0.25) is 0 Å².